The standard InChI is InChI=1S/C13H19ClN2OS/c1-9-7-16(8-10(2)15-9)13(17)6-4-11-3-5-12(14)18-11/h3,5,9-10,15H,4,6-8H2,1-2H3. The fourth-order valence-corrected chi connectivity index (χ4v) is 3.49. The summed E-state index contributed by atoms with van der Waals surface area (Å²) in [5, 5.41) is 3.43. The zero-order chi connectivity index (χ0) is 13.1. The van der Waals surface area contributed by atoms with Crippen LogP contribution >= 0.6 is 22.9 Å². The van der Waals surface area contributed by atoms with E-state index < -0.39 is 0 Å². The number of amides is 1. The van der Waals surface area contributed by atoms with E-state index in [1.165, 1.54) is 4.88 Å². The largest absolute Gasteiger partial charge is 0.340 e. The Kier molecular flexibility index (Phi) is 4.65. The molecular formula is C13H19ClN2OS. The second-order valence-corrected chi connectivity index (χ2v) is 6.77. The van der Waals surface area contributed by atoms with Crippen LogP contribution in [0.3, 0.4) is 0 Å². The Balaban J connectivity index is 1.84. The number of nitrogens with one attached hydrogen (secondary N) is 1. The summed E-state index contributed by atoms with van der Waals surface area (Å²) in [7, 11) is 0. The average molecular weight is 287 g/mol. The van der Waals surface area contributed by atoms with Crippen LogP contribution in [0.4, 0.5) is 0 Å². The number of halogens is 1. The lowest BCUT2D eigenvalue weighted by molar-refractivity contribution is -0.132. The van der Waals surface area contributed by atoms with E-state index in [4.69, 9.17) is 11.6 Å². The molecule has 0 aromatic carbocycles. The van der Waals surface area contributed by atoms with Crippen LogP contribution in [0.1, 0.15) is 25.1 Å². The highest BCUT2D eigenvalue weighted by Crippen LogP contribution is 2.22. The number of thiophene rings is 1. The molecule has 1 aromatic rings. The van der Waals surface area contributed by atoms with Gasteiger partial charge in [0.05, 0.1) is 4.34 Å². The summed E-state index contributed by atoms with van der Waals surface area (Å²) >= 11 is 7.44. The van der Waals surface area contributed by atoms with Crippen LogP contribution in [0, 0.1) is 0 Å². The molecule has 0 aliphatic carbocycles. The Morgan fingerprint density at radius 1 is 1.44 bits per heavy atom. The van der Waals surface area contributed by atoms with Gasteiger partial charge in [0.2, 0.25) is 5.91 Å². The van der Waals surface area contributed by atoms with Crippen LogP contribution in [-0.4, -0.2) is 36.0 Å². The van der Waals surface area contributed by atoms with Crippen LogP contribution < -0.4 is 5.32 Å². The van der Waals surface area contributed by atoms with Gasteiger partial charge in [-0.2, -0.15) is 0 Å². The van der Waals surface area contributed by atoms with Crippen LogP contribution in [0.15, 0.2) is 12.1 Å². The van der Waals surface area contributed by atoms with Gasteiger partial charge in [0, 0.05) is 36.5 Å². The molecule has 0 bridgehead atoms. The molecule has 1 aliphatic rings. The Labute approximate surface area is 117 Å². The van der Waals surface area contributed by atoms with Gasteiger partial charge in [0.15, 0.2) is 0 Å². The third-order valence-electron chi connectivity index (χ3n) is 3.12. The number of aryl methyl sites for hydroxylation is 1. The number of carbonyl (C=O) groups is 1. The van der Waals surface area contributed by atoms with E-state index >= 15 is 0 Å². The minimum atomic E-state index is 0.250. The van der Waals surface area contributed by atoms with Gasteiger partial charge in [-0.25, -0.2) is 0 Å². The number of carbonyl (C=O) groups excluding carboxylic acids is 1. The van der Waals surface area contributed by atoms with Crippen molar-refractivity contribution in [3.05, 3.63) is 21.3 Å². The van der Waals surface area contributed by atoms with E-state index in [9.17, 15) is 4.79 Å². The Bertz CT molecular complexity index is 411. The summed E-state index contributed by atoms with van der Waals surface area (Å²) < 4.78 is 0.793. The van der Waals surface area contributed by atoms with Gasteiger partial charge >= 0.3 is 0 Å². The van der Waals surface area contributed by atoms with Crippen LogP contribution in [0.2, 0.25) is 4.34 Å². The van der Waals surface area contributed by atoms with Crippen LogP contribution in [0.5, 0.6) is 0 Å². The summed E-state index contributed by atoms with van der Waals surface area (Å²) in [6.45, 7) is 5.87. The lowest BCUT2D eigenvalue weighted by Gasteiger charge is -2.36. The van der Waals surface area contributed by atoms with Crippen molar-refractivity contribution in [3.8, 4) is 0 Å². The minimum absolute atomic E-state index is 0.250. The molecule has 1 N–H and O–H groups in total. The van der Waals surface area contributed by atoms with Gasteiger partial charge in [0.1, 0.15) is 0 Å². The topological polar surface area (TPSA) is 32.3 Å². The zero-order valence-corrected chi connectivity index (χ0v) is 12.4. The molecule has 2 rings (SSSR count). The third kappa shape index (κ3) is 3.70. The first kappa shape index (κ1) is 13.8. The smallest absolute Gasteiger partial charge is 0.223 e. The number of piperazine rings is 1. The molecule has 1 fully saturated rings. The van der Waals surface area contributed by atoms with Crippen molar-refractivity contribution in [2.75, 3.05) is 13.1 Å². The molecule has 5 heteroatoms. The van der Waals surface area contributed by atoms with E-state index in [1.54, 1.807) is 11.3 Å². The van der Waals surface area contributed by atoms with Gasteiger partial charge in [0.25, 0.3) is 0 Å². The first-order valence-electron chi connectivity index (χ1n) is 6.32. The highest BCUT2D eigenvalue weighted by molar-refractivity contribution is 7.16. The van der Waals surface area contributed by atoms with Crippen molar-refractivity contribution in [1.82, 2.24) is 10.2 Å². The summed E-state index contributed by atoms with van der Waals surface area (Å²) in [4.78, 5) is 15.3. The first-order chi connectivity index (χ1) is 8.54. The predicted octanol–water partition coefficient (Wildman–Crippen LogP) is 2.54. The van der Waals surface area contributed by atoms with Crippen molar-refractivity contribution >= 4 is 28.8 Å². The summed E-state index contributed by atoms with van der Waals surface area (Å²) in [5.74, 6) is 0.250. The second kappa shape index (κ2) is 6.04. The molecule has 1 aromatic heterocycles. The molecule has 0 radical (unpaired) electrons. The lowest BCUT2D eigenvalue weighted by atomic mass is 10.1. The Hall–Kier alpha value is -0.580. The second-order valence-electron chi connectivity index (χ2n) is 4.97. The number of hydrogen-bond acceptors (Lipinski definition) is 3. The van der Waals surface area contributed by atoms with Gasteiger partial charge in [-0.05, 0) is 32.4 Å². The summed E-state index contributed by atoms with van der Waals surface area (Å²) in [6, 6.07) is 4.66. The van der Waals surface area contributed by atoms with E-state index in [0.717, 1.165) is 23.8 Å². The number of hydrogen-bond donors (Lipinski definition) is 1. The summed E-state index contributed by atoms with van der Waals surface area (Å²) in [5.41, 5.74) is 0. The minimum Gasteiger partial charge on any atom is -0.340 e. The van der Waals surface area contributed by atoms with Gasteiger partial charge in [-0.3, -0.25) is 4.79 Å². The molecule has 0 spiro atoms. The maximum atomic E-state index is 12.1. The van der Waals surface area contributed by atoms with E-state index in [1.807, 2.05) is 17.0 Å². The van der Waals surface area contributed by atoms with Crippen LogP contribution in [-0.2, 0) is 11.2 Å². The summed E-state index contributed by atoms with van der Waals surface area (Å²) in [6.07, 6.45) is 1.37. The lowest BCUT2D eigenvalue weighted by Crippen LogP contribution is -2.55. The quantitative estimate of drug-likeness (QED) is 0.926. The molecule has 18 heavy (non-hydrogen) atoms. The van der Waals surface area contributed by atoms with E-state index in [0.29, 0.717) is 18.5 Å². The fraction of sp³-hybridized carbons (Fsp3) is 0.615. The molecule has 2 atom stereocenters. The van der Waals surface area contributed by atoms with Crippen molar-refractivity contribution in [2.45, 2.75) is 38.8 Å². The number of rotatable bonds is 3. The van der Waals surface area contributed by atoms with Gasteiger partial charge in [-0.1, -0.05) is 11.6 Å². The fourth-order valence-electron chi connectivity index (χ4n) is 2.40. The molecule has 0 saturated carbocycles. The van der Waals surface area contributed by atoms with Crippen molar-refractivity contribution in [3.63, 3.8) is 0 Å². The molecule has 1 amide bonds. The average Bonchev–Trinajstić information content (AvgIpc) is 2.70. The monoisotopic (exact) mass is 286 g/mol. The van der Waals surface area contributed by atoms with Crippen LogP contribution in [0.25, 0.3) is 0 Å². The van der Waals surface area contributed by atoms with Gasteiger partial charge in [-0.15, -0.1) is 11.3 Å². The molecule has 2 unspecified atom stereocenters. The third-order valence-corrected chi connectivity index (χ3v) is 4.42. The van der Waals surface area contributed by atoms with Gasteiger partial charge < -0.3 is 10.2 Å². The molecule has 2 heterocycles. The SMILES string of the molecule is CC1CN(C(=O)CCc2ccc(Cl)s2)CC(C)N1. The first-order valence-corrected chi connectivity index (χ1v) is 7.52. The highest BCUT2D eigenvalue weighted by atomic mass is 35.5. The maximum absolute atomic E-state index is 12.1. The molecule has 1 saturated heterocycles. The van der Waals surface area contributed by atoms with Crippen molar-refractivity contribution < 1.29 is 4.79 Å². The molecular weight excluding hydrogens is 268 g/mol. The zero-order valence-electron chi connectivity index (χ0n) is 10.8. The van der Waals surface area contributed by atoms with E-state index in [2.05, 4.69) is 19.2 Å². The molecule has 100 valence electrons. The Morgan fingerprint density at radius 3 is 2.67 bits per heavy atom. The molecule has 1 aliphatic heterocycles. The molecule has 3 nitrogen and oxygen atoms in total. The normalized spacial score (nSPS) is 24.3. The number of nitrogens with zero attached hydrogens (tertiary/aromatic N) is 1. The Morgan fingerprint density at radius 2 is 2.11 bits per heavy atom. The maximum Gasteiger partial charge on any atom is 0.223 e. The van der Waals surface area contributed by atoms with Crippen molar-refractivity contribution in [2.24, 2.45) is 0 Å². The van der Waals surface area contributed by atoms with Crippen molar-refractivity contribution in [1.29, 1.82) is 0 Å². The highest BCUT2D eigenvalue weighted by Gasteiger charge is 2.24. The van der Waals surface area contributed by atoms with E-state index in [-0.39, 0.29) is 5.91 Å². The predicted molar refractivity (Wildman–Crippen MR) is 76.3 cm³/mol.